The SMILES string of the molecule is CC(C)c1nnc(CNC(=O)c2ccccc2N)s1.Cl. The summed E-state index contributed by atoms with van der Waals surface area (Å²) in [6.07, 6.45) is 0. The molecule has 0 unspecified atom stereocenters. The van der Waals surface area contributed by atoms with Crippen LogP contribution in [0.5, 0.6) is 0 Å². The number of anilines is 1. The minimum absolute atomic E-state index is 0. The maximum Gasteiger partial charge on any atom is 0.253 e. The van der Waals surface area contributed by atoms with E-state index in [1.165, 1.54) is 11.3 Å². The topological polar surface area (TPSA) is 80.9 Å². The minimum Gasteiger partial charge on any atom is -0.398 e. The van der Waals surface area contributed by atoms with Crippen molar-refractivity contribution in [3.63, 3.8) is 0 Å². The molecule has 0 atom stereocenters. The highest BCUT2D eigenvalue weighted by atomic mass is 35.5. The molecule has 2 rings (SSSR count). The number of nitrogens with one attached hydrogen (secondary N) is 1. The first-order valence-corrected chi connectivity index (χ1v) is 6.84. The molecular weight excluding hydrogens is 296 g/mol. The van der Waals surface area contributed by atoms with Crippen LogP contribution in [0, 0.1) is 0 Å². The van der Waals surface area contributed by atoms with Gasteiger partial charge in [-0.25, -0.2) is 0 Å². The lowest BCUT2D eigenvalue weighted by Crippen LogP contribution is -2.23. The molecule has 1 heterocycles. The number of rotatable bonds is 4. The summed E-state index contributed by atoms with van der Waals surface area (Å²) in [7, 11) is 0. The number of halogens is 1. The number of nitrogen functional groups attached to an aromatic ring is 1. The summed E-state index contributed by atoms with van der Waals surface area (Å²) < 4.78 is 0. The van der Waals surface area contributed by atoms with Crippen LogP contribution < -0.4 is 11.1 Å². The first-order valence-electron chi connectivity index (χ1n) is 6.03. The third-order valence-corrected chi connectivity index (χ3v) is 3.81. The number of carbonyl (C=O) groups excluding carboxylic acids is 1. The molecule has 108 valence electrons. The molecule has 0 fully saturated rings. The van der Waals surface area contributed by atoms with Crippen molar-refractivity contribution >= 4 is 35.3 Å². The van der Waals surface area contributed by atoms with E-state index >= 15 is 0 Å². The molecule has 0 bridgehead atoms. The first-order chi connectivity index (χ1) is 9.08. The Labute approximate surface area is 128 Å². The van der Waals surface area contributed by atoms with Gasteiger partial charge in [0.25, 0.3) is 5.91 Å². The van der Waals surface area contributed by atoms with E-state index in [4.69, 9.17) is 5.73 Å². The molecule has 0 aliphatic carbocycles. The number of para-hydroxylation sites is 1. The van der Waals surface area contributed by atoms with Crippen LogP contribution in [0.4, 0.5) is 5.69 Å². The van der Waals surface area contributed by atoms with E-state index in [0.29, 0.717) is 23.7 Å². The Morgan fingerprint density at radius 3 is 2.65 bits per heavy atom. The van der Waals surface area contributed by atoms with Crippen LogP contribution in [-0.2, 0) is 6.54 Å². The van der Waals surface area contributed by atoms with Crippen LogP contribution in [0.2, 0.25) is 0 Å². The number of nitrogens with zero attached hydrogens (tertiary/aromatic N) is 2. The molecule has 1 aromatic carbocycles. The Balaban J connectivity index is 0.00000200. The molecule has 7 heteroatoms. The van der Waals surface area contributed by atoms with Crippen molar-refractivity contribution in [2.24, 2.45) is 0 Å². The summed E-state index contributed by atoms with van der Waals surface area (Å²) in [5, 5.41) is 12.7. The van der Waals surface area contributed by atoms with E-state index < -0.39 is 0 Å². The fourth-order valence-electron chi connectivity index (χ4n) is 1.53. The van der Waals surface area contributed by atoms with E-state index in [0.717, 1.165) is 10.0 Å². The minimum atomic E-state index is -0.195. The van der Waals surface area contributed by atoms with Crippen molar-refractivity contribution in [3.05, 3.63) is 39.8 Å². The highest BCUT2D eigenvalue weighted by molar-refractivity contribution is 7.11. The van der Waals surface area contributed by atoms with Crippen molar-refractivity contribution in [2.75, 3.05) is 5.73 Å². The van der Waals surface area contributed by atoms with Gasteiger partial charge in [-0.15, -0.1) is 22.6 Å². The lowest BCUT2D eigenvalue weighted by molar-refractivity contribution is 0.0951. The van der Waals surface area contributed by atoms with Crippen molar-refractivity contribution < 1.29 is 4.79 Å². The molecule has 0 saturated carbocycles. The number of hydrogen-bond donors (Lipinski definition) is 2. The number of carbonyl (C=O) groups is 1. The largest absolute Gasteiger partial charge is 0.398 e. The normalized spacial score (nSPS) is 10.2. The molecular formula is C13H17ClN4OS. The van der Waals surface area contributed by atoms with Gasteiger partial charge in [-0.3, -0.25) is 4.79 Å². The molecule has 1 amide bonds. The van der Waals surface area contributed by atoms with Crippen molar-refractivity contribution in [1.29, 1.82) is 0 Å². The van der Waals surface area contributed by atoms with E-state index in [1.807, 2.05) is 0 Å². The van der Waals surface area contributed by atoms with Gasteiger partial charge in [0.15, 0.2) is 0 Å². The predicted molar refractivity (Wildman–Crippen MR) is 83.3 cm³/mol. The van der Waals surface area contributed by atoms with Gasteiger partial charge in [-0.05, 0) is 12.1 Å². The zero-order chi connectivity index (χ0) is 13.8. The smallest absolute Gasteiger partial charge is 0.253 e. The van der Waals surface area contributed by atoms with Gasteiger partial charge >= 0.3 is 0 Å². The van der Waals surface area contributed by atoms with E-state index in [-0.39, 0.29) is 18.3 Å². The summed E-state index contributed by atoms with van der Waals surface area (Å²) in [6, 6.07) is 6.99. The van der Waals surface area contributed by atoms with Gasteiger partial charge in [0.1, 0.15) is 10.0 Å². The highest BCUT2D eigenvalue weighted by Gasteiger charge is 2.11. The molecule has 0 radical (unpaired) electrons. The second-order valence-electron chi connectivity index (χ2n) is 4.46. The average molecular weight is 313 g/mol. The lowest BCUT2D eigenvalue weighted by atomic mass is 10.2. The zero-order valence-electron chi connectivity index (χ0n) is 11.3. The second-order valence-corrected chi connectivity index (χ2v) is 5.55. The molecule has 0 aliphatic rings. The van der Waals surface area contributed by atoms with E-state index in [9.17, 15) is 4.79 Å². The van der Waals surface area contributed by atoms with Crippen LogP contribution >= 0.6 is 23.7 Å². The van der Waals surface area contributed by atoms with Crippen LogP contribution in [-0.4, -0.2) is 16.1 Å². The summed E-state index contributed by atoms with van der Waals surface area (Å²) in [6.45, 7) is 4.50. The Kier molecular flexibility index (Phi) is 5.91. The molecule has 1 aromatic heterocycles. The highest BCUT2D eigenvalue weighted by Crippen LogP contribution is 2.19. The summed E-state index contributed by atoms with van der Waals surface area (Å²) >= 11 is 1.51. The number of amides is 1. The molecule has 0 spiro atoms. The van der Waals surface area contributed by atoms with Gasteiger partial charge in [-0.2, -0.15) is 0 Å². The number of nitrogens with two attached hydrogens (primary N) is 1. The third-order valence-electron chi connectivity index (χ3n) is 2.58. The van der Waals surface area contributed by atoms with Crippen LogP contribution in [0.25, 0.3) is 0 Å². The van der Waals surface area contributed by atoms with E-state index in [1.54, 1.807) is 24.3 Å². The Morgan fingerprint density at radius 1 is 1.35 bits per heavy atom. The maximum absolute atomic E-state index is 11.9. The quantitative estimate of drug-likeness (QED) is 0.850. The Morgan fingerprint density at radius 2 is 2.05 bits per heavy atom. The Hall–Kier alpha value is -1.66. The van der Waals surface area contributed by atoms with Crippen molar-refractivity contribution in [2.45, 2.75) is 26.3 Å². The van der Waals surface area contributed by atoms with Gasteiger partial charge < -0.3 is 11.1 Å². The Bertz CT molecular complexity index is 585. The molecule has 0 saturated heterocycles. The van der Waals surface area contributed by atoms with Gasteiger partial charge in [0, 0.05) is 11.6 Å². The molecule has 0 aliphatic heterocycles. The molecule has 20 heavy (non-hydrogen) atoms. The summed E-state index contributed by atoms with van der Waals surface area (Å²) in [4.78, 5) is 11.9. The van der Waals surface area contributed by atoms with Gasteiger partial charge in [0.2, 0.25) is 0 Å². The first kappa shape index (κ1) is 16.4. The summed E-state index contributed by atoms with van der Waals surface area (Å²) in [5.74, 6) is 0.158. The third kappa shape index (κ3) is 3.91. The predicted octanol–water partition coefficient (Wildman–Crippen LogP) is 2.60. The standard InChI is InChI=1S/C13H16N4OS.ClH/c1-8(2)13-17-16-11(19-13)7-15-12(18)9-5-3-4-6-10(9)14;/h3-6,8H,7,14H2,1-2H3,(H,15,18);1H. The van der Waals surface area contributed by atoms with Crippen LogP contribution in [0.1, 0.15) is 40.1 Å². The average Bonchev–Trinajstić information content (AvgIpc) is 2.85. The number of benzene rings is 1. The van der Waals surface area contributed by atoms with Gasteiger partial charge in [0.05, 0.1) is 12.1 Å². The lowest BCUT2D eigenvalue weighted by Gasteiger charge is -2.05. The molecule has 2 aromatic rings. The monoisotopic (exact) mass is 312 g/mol. The number of hydrogen-bond acceptors (Lipinski definition) is 5. The maximum atomic E-state index is 11.9. The molecule has 5 nitrogen and oxygen atoms in total. The van der Waals surface area contributed by atoms with E-state index in [2.05, 4.69) is 29.4 Å². The fraction of sp³-hybridized carbons (Fsp3) is 0.308. The number of aromatic nitrogens is 2. The molecule has 3 N–H and O–H groups in total. The fourth-order valence-corrected chi connectivity index (χ4v) is 2.31. The second kappa shape index (κ2) is 7.21. The van der Waals surface area contributed by atoms with Gasteiger partial charge in [-0.1, -0.05) is 37.3 Å². The van der Waals surface area contributed by atoms with Crippen LogP contribution in [0.15, 0.2) is 24.3 Å². The zero-order valence-corrected chi connectivity index (χ0v) is 12.9. The van der Waals surface area contributed by atoms with Crippen molar-refractivity contribution in [3.8, 4) is 0 Å². The van der Waals surface area contributed by atoms with Crippen molar-refractivity contribution in [1.82, 2.24) is 15.5 Å². The van der Waals surface area contributed by atoms with Crippen LogP contribution in [0.3, 0.4) is 0 Å². The summed E-state index contributed by atoms with van der Waals surface area (Å²) in [5.41, 5.74) is 6.70.